The van der Waals surface area contributed by atoms with Gasteiger partial charge in [-0.25, -0.2) is 0 Å². The maximum Gasteiger partial charge on any atom is 0.236 e. The van der Waals surface area contributed by atoms with Gasteiger partial charge in [0.15, 0.2) is 0 Å². The van der Waals surface area contributed by atoms with Crippen molar-refractivity contribution in [3.05, 3.63) is 0 Å². The standard InChI is InChI=1S/C14H28N4OS/c1-4-18-8-5-6-12(18)10-16(2)11-14(19)17(3)9-7-13(15)20/h12H,4-11H2,1-3H3,(H2,15,20). The number of carbonyl (C=O) groups excluding carboxylic acids is 1. The Hall–Kier alpha value is -0.720. The molecular weight excluding hydrogens is 272 g/mol. The molecule has 1 aliphatic heterocycles. The smallest absolute Gasteiger partial charge is 0.236 e. The zero-order chi connectivity index (χ0) is 15.1. The van der Waals surface area contributed by atoms with Gasteiger partial charge in [-0.15, -0.1) is 0 Å². The first-order valence-corrected chi connectivity index (χ1v) is 7.79. The minimum absolute atomic E-state index is 0.129. The van der Waals surface area contributed by atoms with Crippen LogP contribution in [0.2, 0.25) is 0 Å². The highest BCUT2D eigenvalue weighted by Crippen LogP contribution is 2.17. The van der Waals surface area contributed by atoms with Crippen LogP contribution in [0.25, 0.3) is 0 Å². The van der Waals surface area contributed by atoms with Crippen molar-refractivity contribution in [1.29, 1.82) is 0 Å². The van der Waals surface area contributed by atoms with Crippen LogP contribution < -0.4 is 5.73 Å². The average Bonchev–Trinajstić information content (AvgIpc) is 2.82. The first-order chi connectivity index (χ1) is 9.43. The van der Waals surface area contributed by atoms with Gasteiger partial charge in [0.25, 0.3) is 0 Å². The summed E-state index contributed by atoms with van der Waals surface area (Å²) in [5.74, 6) is 0.129. The Balaban J connectivity index is 2.31. The first kappa shape index (κ1) is 17.3. The van der Waals surface area contributed by atoms with Gasteiger partial charge in [-0.3, -0.25) is 14.6 Å². The van der Waals surface area contributed by atoms with Gasteiger partial charge in [0.1, 0.15) is 0 Å². The molecule has 0 aromatic rings. The zero-order valence-corrected chi connectivity index (χ0v) is 13.8. The second-order valence-electron chi connectivity index (χ2n) is 5.65. The van der Waals surface area contributed by atoms with Gasteiger partial charge in [0, 0.05) is 32.6 Å². The van der Waals surface area contributed by atoms with Crippen molar-refractivity contribution in [1.82, 2.24) is 14.7 Å². The molecule has 5 nitrogen and oxygen atoms in total. The average molecular weight is 300 g/mol. The number of hydrogen-bond donors (Lipinski definition) is 1. The van der Waals surface area contributed by atoms with Crippen LogP contribution in [-0.2, 0) is 4.79 Å². The first-order valence-electron chi connectivity index (χ1n) is 7.39. The molecular formula is C14H28N4OS. The molecule has 1 atom stereocenters. The van der Waals surface area contributed by atoms with Gasteiger partial charge < -0.3 is 10.6 Å². The molecule has 6 heteroatoms. The fourth-order valence-electron chi connectivity index (χ4n) is 2.70. The van der Waals surface area contributed by atoms with E-state index in [9.17, 15) is 4.79 Å². The predicted octanol–water partition coefficient (Wildman–Crippen LogP) is 0.537. The van der Waals surface area contributed by atoms with Crippen LogP contribution in [0.1, 0.15) is 26.2 Å². The van der Waals surface area contributed by atoms with Gasteiger partial charge in [-0.1, -0.05) is 19.1 Å². The largest absolute Gasteiger partial charge is 0.393 e. The van der Waals surface area contributed by atoms with E-state index < -0.39 is 0 Å². The molecule has 1 amide bonds. The van der Waals surface area contributed by atoms with E-state index in [4.69, 9.17) is 18.0 Å². The molecule has 1 heterocycles. The number of hydrogen-bond acceptors (Lipinski definition) is 4. The molecule has 0 aliphatic carbocycles. The topological polar surface area (TPSA) is 52.8 Å². The number of likely N-dealkylation sites (N-methyl/N-ethyl adjacent to an activating group) is 3. The van der Waals surface area contributed by atoms with Crippen LogP contribution >= 0.6 is 12.2 Å². The molecule has 1 rings (SSSR count). The van der Waals surface area contributed by atoms with E-state index in [1.165, 1.54) is 19.4 Å². The van der Waals surface area contributed by atoms with Gasteiger partial charge >= 0.3 is 0 Å². The SMILES string of the molecule is CCN1CCCC1CN(C)CC(=O)N(C)CCC(N)=S. The maximum absolute atomic E-state index is 12.1. The molecule has 20 heavy (non-hydrogen) atoms. The number of nitrogens with two attached hydrogens (primary N) is 1. The Kier molecular flexibility index (Phi) is 7.40. The van der Waals surface area contributed by atoms with Gasteiger partial charge in [-0.2, -0.15) is 0 Å². The van der Waals surface area contributed by atoms with Crippen LogP contribution in [0.5, 0.6) is 0 Å². The lowest BCUT2D eigenvalue weighted by Crippen LogP contribution is -2.43. The Morgan fingerprint density at radius 1 is 1.45 bits per heavy atom. The van der Waals surface area contributed by atoms with E-state index in [-0.39, 0.29) is 5.91 Å². The highest BCUT2D eigenvalue weighted by molar-refractivity contribution is 7.80. The third-order valence-corrected chi connectivity index (χ3v) is 4.16. The highest BCUT2D eigenvalue weighted by atomic mass is 32.1. The van der Waals surface area contributed by atoms with Crippen molar-refractivity contribution >= 4 is 23.1 Å². The summed E-state index contributed by atoms with van der Waals surface area (Å²) in [4.78, 5) is 18.9. The molecule has 0 saturated carbocycles. The van der Waals surface area contributed by atoms with E-state index >= 15 is 0 Å². The number of carbonyl (C=O) groups is 1. The molecule has 1 saturated heterocycles. The summed E-state index contributed by atoms with van der Waals surface area (Å²) < 4.78 is 0. The summed E-state index contributed by atoms with van der Waals surface area (Å²) in [6.07, 6.45) is 3.10. The van der Waals surface area contributed by atoms with E-state index in [1.807, 2.05) is 14.1 Å². The number of amides is 1. The lowest BCUT2D eigenvalue weighted by molar-refractivity contribution is -0.130. The van der Waals surface area contributed by atoms with Crippen molar-refractivity contribution in [3.8, 4) is 0 Å². The second-order valence-corrected chi connectivity index (χ2v) is 6.18. The van der Waals surface area contributed by atoms with Crippen molar-refractivity contribution in [2.75, 3.05) is 46.8 Å². The zero-order valence-electron chi connectivity index (χ0n) is 13.0. The fourth-order valence-corrected chi connectivity index (χ4v) is 2.79. The molecule has 1 fully saturated rings. The van der Waals surface area contributed by atoms with E-state index in [0.717, 1.165) is 13.1 Å². The Bertz CT molecular complexity index is 337. The fraction of sp³-hybridized carbons (Fsp3) is 0.857. The highest BCUT2D eigenvalue weighted by Gasteiger charge is 2.24. The van der Waals surface area contributed by atoms with Gasteiger partial charge in [0.05, 0.1) is 11.5 Å². The van der Waals surface area contributed by atoms with Crippen molar-refractivity contribution in [3.63, 3.8) is 0 Å². The third kappa shape index (κ3) is 5.73. The molecule has 0 radical (unpaired) electrons. The monoisotopic (exact) mass is 300 g/mol. The van der Waals surface area contributed by atoms with Crippen LogP contribution in [0.4, 0.5) is 0 Å². The maximum atomic E-state index is 12.1. The quantitative estimate of drug-likeness (QED) is 0.663. The van der Waals surface area contributed by atoms with Crippen LogP contribution in [0.15, 0.2) is 0 Å². The Labute approximate surface area is 128 Å². The lowest BCUT2D eigenvalue weighted by Gasteiger charge is -2.28. The third-order valence-electron chi connectivity index (χ3n) is 3.95. The number of rotatable bonds is 8. The summed E-state index contributed by atoms with van der Waals surface area (Å²) in [5, 5.41) is 0. The minimum atomic E-state index is 0.129. The summed E-state index contributed by atoms with van der Waals surface area (Å²) in [7, 11) is 3.83. The molecule has 116 valence electrons. The predicted molar refractivity (Wildman–Crippen MR) is 86.8 cm³/mol. The summed E-state index contributed by atoms with van der Waals surface area (Å²) >= 11 is 4.83. The molecule has 2 N–H and O–H groups in total. The van der Waals surface area contributed by atoms with Crippen molar-refractivity contribution < 1.29 is 4.79 Å². The van der Waals surface area contributed by atoms with Gasteiger partial charge in [0.2, 0.25) is 5.91 Å². The van der Waals surface area contributed by atoms with Crippen molar-refractivity contribution in [2.24, 2.45) is 5.73 Å². The van der Waals surface area contributed by atoms with E-state index in [2.05, 4.69) is 16.7 Å². The number of thiocarbonyl (C=S) groups is 1. The van der Waals surface area contributed by atoms with E-state index in [0.29, 0.717) is 30.5 Å². The van der Waals surface area contributed by atoms with Crippen LogP contribution in [0.3, 0.4) is 0 Å². The molecule has 0 aromatic heterocycles. The van der Waals surface area contributed by atoms with E-state index in [1.54, 1.807) is 4.90 Å². The van der Waals surface area contributed by atoms with Crippen LogP contribution in [0, 0.1) is 0 Å². The normalized spacial score (nSPS) is 19.5. The Morgan fingerprint density at radius 2 is 2.15 bits per heavy atom. The molecule has 0 bridgehead atoms. The molecule has 1 aliphatic rings. The summed E-state index contributed by atoms with van der Waals surface area (Å²) in [6, 6.07) is 0.597. The summed E-state index contributed by atoms with van der Waals surface area (Å²) in [6.45, 7) is 6.52. The lowest BCUT2D eigenvalue weighted by atomic mass is 10.2. The number of nitrogens with zero attached hydrogens (tertiary/aromatic N) is 3. The van der Waals surface area contributed by atoms with Gasteiger partial charge in [-0.05, 0) is 33.0 Å². The number of likely N-dealkylation sites (tertiary alicyclic amines) is 1. The Morgan fingerprint density at radius 3 is 2.75 bits per heavy atom. The van der Waals surface area contributed by atoms with Crippen molar-refractivity contribution in [2.45, 2.75) is 32.2 Å². The molecule has 0 spiro atoms. The minimum Gasteiger partial charge on any atom is -0.393 e. The second kappa shape index (κ2) is 8.54. The van der Waals surface area contributed by atoms with Crippen LogP contribution in [-0.4, -0.2) is 78.5 Å². The molecule has 1 unspecified atom stereocenters. The summed E-state index contributed by atoms with van der Waals surface area (Å²) in [5.41, 5.74) is 5.46. The molecule has 0 aromatic carbocycles.